The molecule has 3 heteroatoms. The Labute approximate surface area is 134 Å². The molecule has 0 spiro atoms. The summed E-state index contributed by atoms with van der Waals surface area (Å²) < 4.78 is 0. The first kappa shape index (κ1) is 19.7. The molecule has 0 fully saturated rings. The van der Waals surface area contributed by atoms with Crippen molar-refractivity contribution in [3.63, 3.8) is 0 Å². The first-order chi connectivity index (χ1) is 10.3. The number of aliphatic hydroxyl groups excluding tert-OH is 1. The fraction of sp³-hybridized carbons (Fsp3) is 0.333. The van der Waals surface area contributed by atoms with E-state index >= 15 is 0 Å². The highest BCUT2D eigenvalue weighted by Gasteiger charge is 2.07. The van der Waals surface area contributed by atoms with Gasteiger partial charge in [0.1, 0.15) is 0 Å². The normalized spacial score (nSPS) is 10.5. The smallest absolute Gasteiger partial charge is 0.0437 e. The van der Waals surface area contributed by atoms with Gasteiger partial charge in [-0.1, -0.05) is 62.4 Å². The second-order valence-electron chi connectivity index (χ2n) is 4.19. The Morgan fingerprint density at radius 1 is 0.952 bits per heavy atom. The Kier molecular flexibility index (Phi) is 12.8. The molecule has 0 bridgehead atoms. The van der Waals surface area contributed by atoms with Crippen molar-refractivity contribution >= 4 is 12.6 Å². The van der Waals surface area contributed by atoms with Gasteiger partial charge in [-0.15, -0.1) is 12.6 Å². The predicted octanol–water partition coefficient (Wildman–Crippen LogP) is 4.11. The summed E-state index contributed by atoms with van der Waals surface area (Å²) in [5.41, 5.74) is 6.80. The van der Waals surface area contributed by atoms with Crippen LogP contribution in [0.3, 0.4) is 0 Å². The topological polar surface area (TPSA) is 46.2 Å². The summed E-state index contributed by atoms with van der Waals surface area (Å²) in [5.74, 6) is 0.302. The zero-order valence-electron chi connectivity index (χ0n) is 12.9. The molecule has 116 valence electrons. The van der Waals surface area contributed by atoms with Crippen LogP contribution in [0.2, 0.25) is 0 Å². The number of aliphatic hydroxyl groups is 1. The van der Waals surface area contributed by atoms with Gasteiger partial charge in [0.15, 0.2) is 0 Å². The van der Waals surface area contributed by atoms with Crippen molar-refractivity contribution in [1.29, 1.82) is 0 Å². The summed E-state index contributed by atoms with van der Waals surface area (Å²) in [6, 6.07) is 19.9. The maximum atomic E-state index is 8.77. The van der Waals surface area contributed by atoms with Crippen LogP contribution in [0.25, 0.3) is 0 Å². The first-order valence-electron chi connectivity index (χ1n) is 7.37. The molecule has 0 amide bonds. The predicted molar refractivity (Wildman–Crippen MR) is 95.0 cm³/mol. The van der Waals surface area contributed by atoms with Crippen LogP contribution in [0.5, 0.6) is 0 Å². The number of rotatable bonds is 4. The van der Waals surface area contributed by atoms with Crippen LogP contribution in [-0.4, -0.2) is 18.3 Å². The van der Waals surface area contributed by atoms with Crippen molar-refractivity contribution in [3.8, 4) is 0 Å². The average Bonchev–Trinajstić information content (AvgIpc) is 2.56. The maximum absolute atomic E-state index is 8.77. The van der Waals surface area contributed by atoms with Crippen molar-refractivity contribution in [1.82, 2.24) is 0 Å². The van der Waals surface area contributed by atoms with Crippen molar-refractivity contribution in [2.75, 3.05) is 13.2 Å². The van der Waals surface area contributed by atoms with Gasteiger partial charge >= 0.3 is 0 Å². The minimum absolute atomic E-state index is 0.205. The molecule has 2 aromatic rings. The summed E-state index contributed by atoms with van der Waals surface area (Å²) >= 11 is 4.08. The van der Waals surface area contributed by atoms with E-state index in [1.54, 1.807) is 0 Å². The van der Waals surface area contributed by atoms with Crippen LogP contribution in [0.1, 0.15) is 31.7 Å². The van der Waals surface area contributed by atoms with E-state index < -0.39 is 0 Å². The Balaban J connectivity index is 0.000000377. The largest absolute Gasteiger partial charge is 0.396 e. The molecule has 1 unspecified atom stereocenters. The van der Waals surface area contributed by atoms with Crippen molar-refractivity contribution < 1.29 is 5.11 Å². The van der Waals surface area contributed by atoms with Gasteiger partial charge < -0.3 is 10.8 Å². The molecular formula is C18H27NOS. The molecule has 0 aliphatic carbocycles. The number of hydrogen-bond donors (Lipinski definition) is 3. The summed E-state index contributed by atoms with van der Waals surface area (Å²) in [6.07, 6.45) is 0.751. The number of thiol groups is 1. The van der Waals surface area contributed by atoms with E-state index in [9.17, 15) is 0 Å². The molecule has 3 N–H and O–H groups in total. The lowest BCUT2D eigenvalue weighted by atomic mass is 9.96. The van der Waals surface area contributed by atoms with E-state index in [1.165, 1.54) is 5.56 Å². The molecule has 0 saturated carbocycles. The van der Waals surface area contributed by atoms with E-state index in [2.05, 4.69) is 12.6 Å². The van der Waals surface area contributed by atoms with Gasteiger partial charge in [0, 0.05) is 11.5 Å². The first-order valence-corrected chi connectivity index (χ1v) is 7.82. The van der Waals surface area contributed by atoms with E-state index in [0.717, 1.165) is 11.3 Å². The SMILES string of the molecule is CC.NCC(CCO)c1ccccc1.Sc1ccccc1. The molecule has 0 radical (unpaired) electrons. The number of nitrogens with two attached hydrogens (primary N) is 1. The molecule has 1 atom stereocenters. The van der Waals surface area contributed by atoms with Crippen LogP contribution in [0.15, 0.2) is 65.6 Å². The van der Waals surface area contributed by atoms with Crippen molar-refractivity contribution in [2.24, 2.45) is 5.73 Å². The van der Waals surface area contributed by atoms with Crippen LogP contribution >= 0.6 is 12.6 Å². The third-order valence-electron chi connectivity index (χ3n) is 2.79. The van der Waals surface area contributed by atoms with E-state index in [0.29, 0.717) is 12.5 Å². The Morgan fingerprint density at radius 2 is 1.43 bits per heavy atom. The lowest BCUT2D eigenvalue weighted by Gasteiger charge is -2.12. The third kappa shape index (κ3) is 9.29. The van der Waals surface area contributed by atoms with Gasteiger partial charge in [-0.25, -0.2) is 0 Å². The van der Waals surface area contributed by atoms with Gasteiger partial charge in [-0.2, -0.15) is 0 Å². The highest BCUT2D eigenvalue weighted by Crippen LogP contribution is 2.16. The molecule has 2 aromatic carbocycles. The molecule has 2 nitrogen and oxygen atoms in total. The monoisotopic (exact) mass is 305 g/mol. The Morgan fingerprint density at radius 3 is 1.76 bits per heavy atom. The molecule has 0 saturated heterocycles. The van der Waals surface area contributed by atoms with Gasteiger partial charge in [-0.05, 0) is 36.6 Å². The van der Waals surface area contributed by atoms with Crippen molar-refractivity contribution in [2.45, 2.75) is 31.1 Å². The Bertz CT molecular complexity index is 433. The molecular weight excluding hydrogens is 278 g/mol. The van der Waals surface area contributed by atoms with Gasteiger partial charge in [-0.3, -0.25) is 0 Å². The van der Waals surface area contributed by atoms with Gasteiger partial charge in [0.2, 0.25) is 0 Å². The van der Waals surface area contributed by atoms with E-state index in [1.807, 2.05) is 74.5 Å². The highest BCUT2D eigenvalue weighted by molar-refractivity contribution is 7.80. The van der Waals surface area contributed by atoms with Gasteiger partial charge in [0.05, 0.1) is 0 Å². The number of hydrogen-bond acceptors (Lipinski definition) is 3. The maximum Gasteiger partial charge on any atom is 0.0437 e. The zero-order valence-corrected chi connectivity index (χ0v) is 13.8. The molecule has 0 aliphatic heterocycles. The fourth-order valence-corrected chi connectivity index (χ4v) is 1.90. The van der Waals surface area contributed by atoms with E-state index in [-0.39, 0.29) is 6.61 Å². The minimum Gasteiger partial charge on any atom is -0.396 e. The Hall–Kier alpha value is -1.29. The molecule has 21 heavy (non-hydrogen) atoms. The second kappa shape index (κ2) is 13.7. The minimum atomic E-state index is 0.205. The lowest BCUT2D eigenvalue weighted by Crippen LogP contribution is -2.13. The quantitative estimate of drug-likeness (QED) is 0.744. The third-order valence-corrected chi connectivity index (χ3v) is 3.09. The molecule has 0 heterocycles. The van der Waals surface area contributed by atoms with Crippen LogP contribution in [0.4, 0.5) is 0 Å². The van der Waals surface area contributed by atoms with Crippen LogP contribution in [0, 0.1) is 0 Å². The fourth-order valence-electron chi connectivity index (χ4n) is 1.73. The van der Waals surface area contributed by atoms with Gasteiger partial charge in [0.25, 0.3) is 0 Å². The summed E-state index contributed by atoms with van der Waals surface area (Å²) in [4.78, 5) is 1.02. The van der Waals surface area contributed by atoms with Crippen LogP contribution in [-0.2, 0) is 0 Å². The highest BCUT2D eigenvalue weighted by atomic mass is 32.1. The molecule has 0 aromatic heterocycles. The van der Waals surface area contributed by atoms with Crippen LogP contribution < -0.4 is 5.73 Å². The average molecular weight is 305 g/mol. The standard InChI is InChI=1S/C10H15NO.C6H6S.C2H6/c11-8-10(6-7-12)9-4-2-1-3-5-9;7-6-4-2-1-3-5-6;1-2/h1-5,10,12H,6-8,11H2;1-5,7H;1-2H3. The summed E-state index contributed by atoms with van der Waals surface area (Å²) in [5, 5.41) is 8.77. The van der Waals surface area contributed by atoms with Crippen molar-refractivity contribution in [3.05, 3.63) is 66.2 Å². The molecule has 0 aliphatic rings. The number of benzene rings is 2. The second-order valence-corrected chi connectivity index (χ2v) is 4.71. The summed E-state index contributed by atoms with van der Waals surface area (Å²) in [7, 11) is 0. The summed E-state index contributed by atoms with van der Waals surface area (Å²) in [6.45, 7) is 4.81. The zero-order chi connectivity index (χ0) is 15.9. The van der Waals surface area contributed by atoms with E-state index in [4.69, 9.17) is 10.8 Å². The lowest BCUT2D eigenvalue weighted by molar-refractivity contribution is 0.276. The molecule has 2 rings (SSSR count).